The van der Waals surface area contributed by atoms with E-state index in [4.69, 9.17) is 10.2 Å². The number of aliphatic carboxylic acids is 1. The third-order valence-electron chi connectivity index (χ3n) is 2.65. The van der Waals surface area contributed by atoms with Crippen molar-refractivity contribution in [3.63, 3.8) is 0 Å². The minimum absolute atomic E-state index is 0.120. The average molecular weight is 280 g/mol. The minimum atomic E-state index is -1.12. The maximum atomic E-state index is 11.8. The van der Waals surface area contributed by atoms with Gasteiger partial charge in [0.25, 0.3) is 0 Å². The minimum Gasteiger partial charge on any atom is -0.480 e. The molecule has 20 heavy (non-hydrogen) atoms. The van der Waals surface area contributed by atoms with Crippen molar-refractivity contribution < 1.29 is 19.8 Å². The SMILES string of the molecule is Cc1cccc(NC(=O)C[C@@H](NC[C@@H](C)O)C(=O)O)c1. The van der Waals surface area contributed by atoms with Gasteiger partial charge in [-0.15, -0.1) is 0 Å². The van der Waals surface area contributed by atoms with Crippen molar-refractivity contribution in [3.05, 3.63) is 29.8 Å². The fraction of sp³-hybridized carbons (Fsp3) is 0.429. The van der Waals surface area contributed by atoms with Crippen LogP contribution in [-0.4, -0.2) is 40.8 Å². The Labute approximate surface area is 117 Å². The van der Waals surface area contributed by atoms with Crippen LogP contribution in [0, 0.1) is 6.92 Å². The highest BCUT2D eigenvalue weighted by Crippen LogP contribution is 2.10. The summed E-state index contributed by atoms with van der Waals surface area (Å²) in [6.45, 7) is 3.56. The number of anilines is 1. The third kappa shape index (κ3) is 5.81. The number of aryl methyl sites for hydroxylation is 1. The van der Waals surface area contributed by atoms with Crippen LogP contribution in [0.2, 0.25) is 0 Å². The number of hydrogen-bond donors (Lipinski definition) is 4. The Morgan fingerprint density at radius 2 is 2.05 bits per heavy atom. The number of rotatable bonds is 7. The van der Waals surface area contributed by atoms with Gasteiger partial charge in [0, 0.05) is 12.2 Å². The number of carboxylic acid groups (broad SMARTS) is 1. The molecule has 6 nitrogen and oxygen atoms in total. The van der Waals surface area contributed by atoms with Crippen LogP contribution < -0.4 is 10.6 Å². The maximum Gasteiger partial charge on any atom is 0.321 e. The van der Waals surface area contributed by atoms with Crippen molar-refractivity contribution in [2.24, 2.45) is 0 Å². The van der Waals surface area contributed by atoms with E-state index in [2.05, 4.69) is 10.6 Å². The number of benzene rings is 1. The Hall–Kier alpha value is -1.92. The smallest absolute Gasteiger partial charge is 0.321 e. The van der Waals surface area contributed by atoms with Crippen LogP contribution in [-0.2, 0) is 9.59 Å². The monoisotopic (exact) mass is 280 g/mol. The summed E-state index contributed by atoms with van der Waals surface area (Å²) in [6.07, 6.45) is -0.868. The molecule has 0 saturated carbocycles. The lowest BCUT2D eigenvalue weighted by Gasteiger charge is -2.15. The summed E-state index contributed by atoms with van der Waals surface area (Å²) >= 11 is 0. The Morgan fingerprint density at radius 3 is 2.60 bits per heavy atom. The van der Waals surface area contributed by atoms with Gasteiger partial charge in [-0.3, -0.25) is 9.59 Å². The molecule has 0 fully saturated rings. The number of hydrogen-bond acceptors (Lipinski definition) is 4. The van der Waals surface area contributed by atoms with E-state index in [-0.39, 0.29) is 18.9 Å². The molecular weight excluding hydrogens is 260 g/mol. The van der Waals surface area contributed by atoms with Crippen molar-refractivity contribution in [2.45, 2.75) is 32.4 Å². The quantitative estimate of drug-likeness (QED) is 0.590. The number of aliphatic hydroxyl groups excluding tert-OH is 1. The van der Waals surface area contributed by atoms with Crippen molar-refractivity contribution in [1.29, 1.82) is 0 Å². The van der Waals surface area contributed by atoms with E-state index in [0.717, 1.165) is 5.56 Å². The largest absolute Gasteiger partial charge is 0.480 e. The summed E-state index contributed by atoms with van der Waals surface area (Å²) in [7, 11) is 0. The third-order valence-corrected chi connectivity index (χ3v) is 2.65. The van der Waals surface area contributed by atoms with Crippen LogP contribution in [0.5, 0.6) is 0 Å². The van der Waals surface area contributed by atoms with Crippen molar-refractivity contribution in [1.82, 2.24) is 5.32 Å². The molecule has 0 aliphatic heterocycles. The topological polar surface area (TPSA) is 98.7 Å². The van der Waals surface area contributed by atoms with Crippen LogP contribution in [0.3, 0.4) is 0 Å². The fourth-order valence-corrected chi connectivity index (χ4v) is 1.68. The Balaban J connectivity index is 2.55. The molecule has 0 unspecified atom stereocenters. The molecule has 0 aliphatic rings. The molecule has 0 aliphatic carbocycles. The molecule has 4 N–H and O–H groups in total. The normalized spacial score (nSPS) is 13.6. The van der Waals surface area contributed by atoms with Gasteiger partial charge < -0.3 is 20.8 Å². The molecular formula is C14H20N2O4. The van der Waals surface area contributed by atoms with E-state index < -0.39 is 18.1 Å². The van der Waals surface area contributed by atoms with Crippen molar-refractivity contribution in [3.8, 4) is 0 Å². The summed E-state index contributed by atoms with van der Waals surface area (Å²) in [5.74, 6) is -1.51. The lowest BCUT2D eigenvalue weighted by molar-refractivity contribution is -0.141. The van der Waals surface area contributed by atoms with E-state index in [9.17, 15) is 9.59 Å². The fourth-order valence-electron chi connectivity index (χ4n) is 1.68. The van der Waals surface area contributed by atoms with Gasteiger partial charge in [-0.1, -0.05) is 12.1 Å². The van der Waals surface area contributed by atoms with Gasteiger partial charge in [-0.25, -0.2) is 0 Å². The Kier molecular flexibility index (Phi) is 6.14. The number of carbonyl (C=O) groups excluding carboxylic acids is 1. The molecule has 0 aromatic heterocycles. The highest BCUT2D eigenvalue weighted by atomic mass is 16.4. The number of nitrogens with one attached hydrogen (secondary N) is 2. The zero-order valence-corrected chi connectivity index (χ0v) is 11.6. The van der Waals surface area contributed by atoms with Gasteiger partial charge in [0.2, 0.25) is 5.91 Å². The lowest BCUT2D eigenvalue weighted by Crippen LogP contribution is -2.42. The second-order valence-corrected chi connectivity index (χ2v) is 4.77. The van der Waals surface area contributed by atoms with E-state index in [1.165, 1.54) is 0 Å². The molecule has 0 heterocycles. The number of carbonyl (C=O) groups is 2. The van der Waals surface area contributed by atoms with Crippen molar-refractivity contribution >= 4 is 17.6 Å². The molecule has 1 aromatic rings. The maximum absolute atomic E-state index is 11.8. The van der Waals surface area contributed by atoms with Crippen LogP contribution in [0.25, 0.3) is 0 Å². The zero-order valence-electron chi connectivity index (χ0n) is 11.6. The second kappa shape index (κ2) is 7.62. The van der Waals surface area contributed by atoms with Gasteiger partial charge in [0.1, 0.15) is 6.04 Å². The van der Waals surface area contributed by atoms with E-state index in [1.54, 1.807) is 19.1 Å². The molecule has 0 saturated heterocycles. The van der Waals surface area contributed by atoms with Gasteiger partial charge >= 0.3 is 5.97 Å². The first-order valence-corrected chi connectivity index (χ1v) is 6.39. The van der Waals surface area contributed by atoms with Crippen LogP contribution in [0.1, 0.15) is 18.9 Å². The molecule has 2 atom stereocenters. The van der Waals surface area contributed by atoms with E-state index in [0.29, 0.717) is 5.69 Å². The van der Waals surface area contributed by atoms with Crippen molar-refractivity contribution in [2.75, 3.05) is 11.9 Å². The highest BCUT2D eigenvalue weighted by Gasteiger charge is 2.21. The number of carboxylic acids is 1. The number of amides is 1. The predicted molar refractivity (Wildman–Crippen MR) is 75.5 cm³/mol. The molecule has 6 heteroatoms. The van der Waals surface area contributed by atoms with Crippen LogP contribution >= 0.6 is 0 Å². The van der Waals surface area contributed by atoms with Gasteiger partial charge in [0.05, 0.1) is 12.5 Å². The van der Waals surface area contributed by atoms with Gasteiger partial charge in [-0.05, 0) is 31.5 Å². The Bertz CT molecular complexity index is 474. The lowest BCUT2D eigenvalue weighted by atomic mass is 10.1. The summed E-state index contributed by atoms with van der Waals surface area (Å²) in [5.41, 5.74) is 1.64. The molecule has 0 bridgehead atoms. The van der Waals surface area contributed by atoms with Gasteiger partial charge in [0.15, 0.2) is 0 Å². The Morgan fingerprint density at radius 1 is 1.35 bits per heavy atom. The summed E-state index contributed by atoms with van der Waals surface area (Å²) in [4.78, 5) is 22.8. The molecule has 1 amide bonds. The molecule has 1 rings (SSSR count). The number of aliphatic hydroxyl groups is 1. The summed E-state index contributed by atoms with van der Waals surface area (Å²) in [6, 6.07) is 6.24. The van der Waals surface area contributed by atoms with Gasteiger partial charge in [-0.2, -0.15) is 0 Å². The first-order chi connectivity index (χ1) is 9.38. The van der Waals surface area contributed by atoms with Crippen LogP contribution in [0.15, 0.2) is 24.3 Å². The zero-order chi connectivity index (χ0) is 15.1. The molecule has 1 aromatic carbocycles. The highest BCUT2D eigenvalue weighted by molar-refractivity contribution is 5.94. The second-order valence-electron chi connectivity index (χ2n) is 4.77. The van der Waals surface area contributed by atoms with E-state index in [1.807, 2.05) is 19.1 Å². The first-order valence-electron chi connectivity index (χ1n) is 6.39. The standard InChI is InChI=1S/C14H20N2O4/c1-9-4-3-5-11(6-9)16-13(18)7-12(14(19)20)15-8-10(2)17/h3-6,10,12,15,17H,7-8H2,1-2H3,(H,16,18)(H,19,20)/t10-,12-/m1/s1. The average Bonchev–Trinajstić information content (AvgIpc) is 2.33. The summed E-state index contributed by atoms with van der Waals surface area (Å²) < 4.78 is 0. The first kappa shape index (κ1) is 16.1. The molecule has 110 valence electrons. The molecule has 0 spiro atoms. The molecule has 0 radical (unpaired) electrons. The summed E-state index contributed by atoms with van der Waals surface area (Å²) in [5, 5.41) is 23.4. The van der Waals surface area contributed by atoms with Crippen LogP contribution in [0.4, 0.5) is 5.69 Å². The predicted octanol–water partition coefficient (Wildman–Crippen LogP) is 0.747. The van der Waals surface area contributed by atoms with E-state index >= 15 is 0 Å².